The third-order valence-electron chi connectivity index (χ3n) is 4.91. The number of nitrogens with zero attached hydrogens (tertiary/aromatic N) is 5. The van der Waals surface area contributed by atoms with E-state index in [0.29, 0.717) is 10.6 Å². The lowest BCUT2D eigenvalue weighted by molar-refractivity contribution is -0.385. The fraction of sp³-hybridized carbons (Fsp3) is 0.316. The van der Waals surface area contributed by atoms with Crippen LogP contribution in [0.25, 0.3) is 10.9 Å². The number of hydrogen-bond acceptors (Lipinski definition) is 5. The van der Waals surface area contributed by atoms with Crippen LogP contribution in [0.15, 0.2) is 41.7 Å². The molecule has 1 aromatic carbocycles. The average molecular weight is 439 g/mol. The maximum atomic E-state index is 13.3. The fourth-order valence-electron chi connectivity index (χ4n) is 3.09. The molecule has 31 heavy (non-hydrogen) atoms. The Morgan fingerprint density at radius 1 is 1.19 bits per heavy atom. The molecule has 0 N–H and O–H groups in total. The lowest BCUT2D eigenvalue weighted by Gasteiger charge is -2.19. The molecule has 4 rings (SSSR count). The van der Waals surface area contributed by atoms with E-state index in [1.807, 2.05) is 0 Å². The second-order valence-corrected chi connectivity index (χ2v) is 7.21. The van der Waals surface area contributed by atoms with Crippen LogP contribution in [0.5, 0.6) is 0 Å². The highest BCUT2D eigenvalue weighted by Gasteiger charge is 2.57. The van der Waals surface area contributed by atoms with Gasteiger partial charge in [0.05, 0.1) is 28.4 Å². The van der Waals surface area contributed by atoms with Crippen LogP contribution in [0.3, 0.4) is 0 Å². The van der Waals surface area contributed by atoms with E-state index >= 15 is 0 Å². The first-order valence-corrected chi connectivity index (χ1v) is 9.14. The standard InChI is InChI=1S/C19H14F5N5O2/c20-18(21,19(22,23)24)10-28-16-9-26-17(6-14(16)8-27-28)25-7-13-5-12(11-1-2-11)3-4-15(13)29(30)31/h3-9,11H,1-2,10H2/b25-7+. The number of pyridine rings is 1. The molecule has 7 nitrogen and oxygen atoms in total. The van der Waals surface area contributed by atoms with Gasteiger partial charge in [-0.05, 0) is 36.5 Å². The lowest BCUT2D eigenvalue weighted by Crippen LogP contribution is -2.40. The summed E-state index contributed by atoms with van der Waals surface area (Å²) >= 11 is 0. The van der Waals surface area contributed by atoms with E-state index in [4.69, 9.17) is 0 Å². The predicted octanol–water partition coefficient (Wildman–Crippen LogP) is 5.17. The summed E-state index contributed by atoms with van der Waals surface area (Å²) in [7, 11) is 0. The summed E-state index contributed by atoms with van der Waals surface area (Å²) in [4.78, 5) is 18.8. The fourth-order valence-corrected chi connectivity index (χ4v) is 3.09. The van der Waals surface area contributed by atoms with Gasteiger partial charge in [-0.3, -0.25) is 14.8 Å². The smallest absolute Gasteiger partial charge is 0.258 e. The molecule has 2 heterocycles. The molecule has 0 amide bonds. The molecule has 0 saturated heterocycles. The number of benzene rings is 1. The van der Waals surface area contributed by atoms with Gasteiger partial charge in [0, 0.05) is 17.7 Å². The SMILES string of the molecule is O=[N+]([O-])c1ccc(C2CC2)cc1/C=N/c1cc2cnn(CC(F)(F)C(F)(F)F)c2cn1. The second kappa shape index (κ2) is 7.36. The Morgan fingerprint density at radius 3 is 2.58 bits per heavy atom. The normalized spacial score (nSPS) is 15.1. The van der Waals surface area contributed by atoms with Crippen LogP contribution in [0, 0.1) is 10.1 Å². The Balaban J connectivity index is 1.61. The molecule has 1 aliphatic carbocycles. The van der Waals surface area contributed by atoms with Crippen LogP contribution in [0.4, 0.5) is 33.5 Å². The number of nitro benzene ring substituents is 1. The summed E-state index contributed by atoms with van der Waals surface area (Å²) in [5.41, 5.74) is 1.11. The molecule has 162 valence electrons. The molecule has 0 unspecified atom stereocenters. The number of aliphatic imine (C=N–C) groups is 1. The zero-order valence-corrected chi connectivity index (χ0v) is 15.7. The van der Waals surface area contributed by atoms with Crippen LogP contribution in [0.1, 0.15) is 29.9 Å². The van der Waals surface area contributed by atoms with E-state index in [1.165, 1.54) is 18.3 Å². The molecule has 1 aliphatic rings. The molecule has 0 aliphatic heterocycles. The number of rotatable bonds is 6. The number of nitro groups is 1. The van der Waals surface area contributed by atoms with Gasteiger partial charge in [-0.15, -0.1) is 0 Å². The van der Waals surface area contributed by atoms with E-state index in [2.05, 4.69) is 15.1 Å². The third-order valence-corrected chi connectivity index (χ3v) is 4.91. The van der Waals surface area contributed by atoms with Crippen molar-refractivity contribution in [2.24, 2.45) is 4.99 Å². The van der Waals surface area contributed by atoms with E-state index in [-0.39, 0.29) is 28.0 Å². The van der Waals surface area contributed by atoms with Gasteiger partial charge >= 0.3 is 12.1 Å². The molecular formula is C19H14F5N5O2. The topological polar surface area (TPSA) is 86.2 Å². The largest absolute Gasteiger partial charge is 0.455 e. The summed E-state index contributed by atoms with van der Waals surface area (Å²) in [6, 6.07) is 6.16. The molecule has 1 fully saturated rings. The first-order chi connectivity index (χ1) is 14.5. The van der Waals surface area contributed by atoms with Crippen LogP contribution >= 0.6 is 0 Å². The third kappa shape index (κ3) is 4.23. The summed E-state index contributed by atoms with van der Waals surface area (Å²) in [5.74, 6) is -4.47. The Labute approximate surface area is 171 Å². The van der Waals surface area contributed by atoms with E-state index < -0.39 is 23.6 Å². The van der Waals surface area contributed by atoms with Crippen LogP contribution in [0.2, 0.25) is 0 Å². The number of fused-ring (bicyclic) bond motifs is 1. The monoisotopic (exact) mass is 439 g/mol. The lowest BCUT2D eigenvalue weighted by atomic mass is 10.1. The Hall–Kier alpha value is -3.44. The van der Waals surface area contributed by atoms with Gasteiger partial charge in [0.1, 0.15) is 6.54 Å². The molecule has 0 bridgehead atoms. The van der Waals surface area contributed by atoms with E-state index in [1.54, 1.807) is 12.1 Å². The zero-order valence-electron chi connectivity index (χ0n) is 15.7. The predicted molar refractivity (Wildman–Crippen MR) is 101 cm³/mol. The second-order valence-electron chi connectivity index (χ2n) is 7.21. The van der Waals surface area contributed by atoms with Crippen LogP contribution < -0.4 is 0 Å². The number of aromatic nitrogens is 3. The minimum atomic E-state index is -5.70. The zero-order chi connectivity index (χ0) is 22.4. The van der Waals surface area contributed by atoms with Crippen molar-refractivity contribution in [1.82, 2.24) is 14.8 Å². The highest BCUT2D eigenvalue weighted by atomic mass is 19.4. The van der Waals surface area contributed by atoms with Crippen LogP contribution in [-0.2, 0) is 6.54 Å². The van der Waals surface area contributed by atoms with E-state index in [9.17, 15) is 32.1 Å². The Morgan fingerprint density at radius 2 is 1.94 bits per heavy atom. The Bertz CT molecular complexity index is 1180. The minimum absolute atomic E-state index is 0.0235. The number of halogens is 5. The highest BCUT2D eigenvalue weighted by Crippen LogP contribution is 2.41. The van der Waals surface area contributed by atoms with Crippen molar-refractivity contribution >= 4 is 28.6 Å². The number of alkyl halides is 5. The number of hydrogen-bond donors (Lipinski definition) is 0. The molecule has 12 heteroatoms. The summed E-state index contributed by atoms with van der Waals surface area (Å²) in [6.45, 7) is -1.68. The molecule has 1 saturated carbocycles. The van der Waals surface area contributed by atoms with Gasteiger partial charge in [-0.2, -0.15) is 27.1 Å². The van der Waals surface area contributed by atoms with Gasteiger partial charge in [-0.1, -0.05) is 6.07 Å². The molecule has 0 spiro atoms. The van der Waals surface area contributed by atoms with E-state index in [0.717, 1.165) is 30.8 Å². The summed E-state index contributed by atoms with van der Waals surface area (Å²) in [5, 5.41) is 15.1. The van der Waals surface area contributed by atoms with Crippen molar-refractivity contribution in [3.05, 3.63) is 57.9 Å². The van der Waals surface area contributed by atoms with Crippen molar-refractivity contribution in [2.75, 3.05) is 0 Å². The molecule has 0 radical (unpaired) electrons. The van der Waals surface area contributed by atoms with Crippen molar-refractivity contribution in [1.29, 1.82) is 0 Å². The summed E-state index contributed by atoms with van der Waals surface area (Å²) < 4.78 is 64.5. The van der Waals surface area contributed by atoms with Gasteiger partial charge in [0.15, 0.2) is 5.82 Å². The maximum absolute atomic E-state index is 13.3. The first kappa shape index (κ1) is 20.8. The van der Waals surface area contributed by atoms with Crippen molar-refractivity contribution < 1.29 is 26.9 Å². The Kier molecular flexibility index (Phi) is 4.94. The quantitative estimate of drug-likeness (QED) is 0.230. The summed E-state index contributed by atoms with van der Waals surface area (Å²) in [6.07, 6.45) is -0.184. The van der Waals surface area contributed by atoms with Gasteiger partial charge < -0.3 is 0 Å². The molecule has 0 atom stereocenters. The van der Waals surface area contributed by atoms with Gasteiger partial charge in [0.25, 0.3) is 5.69 Å². The molecule has 2 aromatic heterocycles. The van der Waals surface area contributed by atoms with Gasteiger partial charge in [0.2, 0.25) is 0 Å². The van der Waals surface area contributed by atoms with Gasteiger partial charge in [-0.25, -0.2) is 9.98 Å². The van der Waals surface area contributed by atoms with Crippen molar-refractivity contribution in [3.8, 4) is 0 Å². The average Bonchev–Trinajstić information content (AvgIpc) is 3.47. The van der Waals surface area contributed by atoms with Crippen LogP contribution in [-0.4, -0.2) is 38.0 Å². The highest BCUT2D eigenvalue weighted by molar-refractivity contribution is 5.88. The van der Waals surface area contributed by atoms with Crippen molar-refractivity contribution in [3.63, 3.8) is 0 Å². The molecular weight excluding hydrogens is 425 g/mol. The first-order valence-electron chi connectivity index (χ1n) is 9.14. The maximum Gasteiger partial charge on any atom is 0.455 e. The van der Waals surface area contributed by atoms with Crippen molar-refractivity contribution in [2.45, 2.75) is 37.4 Å². The minimum Gasteiger partial charge on any atom is -0.258 e. The molecule has 3 aromatic rings.